The van der Waals surface area contributed by atoms with Gasteiger partial charge in [0.05, 0.1) is 11.1 Å². The van der Waals surface area contributed by atoms with Gasteiger partial charge in [-0.1, -0.05) is 12.1 Å². The molecule has 1 aliphatic heterocycles. The van der Waals surface area contributed by atoms with Crippen molar-refractivity contribution in [3.05, 3.63) is 35.4 Å². The summed E-state index contributed by atoms with van der Waals surface area (Å²) in [6.07, 6.45) is -2.78. The molecule has 0 aliphatic carbocycles. The van der Waals surface area contributed by atoms with Gasteiger partial charge in [0.15, 0.2) is 0 Å². The molecule has 118 valence electrons. The number of rotatable bonds is 2. The molecule has 3 nitrogen and oxygen atoms in total. The van der Waals surface area contributed by atoms with Crippen LogP contribution in [-0.2, 0) is 6.18 Å². The lowest BCUT2D eigenvalue weighted by Gasteiger charge is -2.33. The Morgan fingerprint density at radius 3 is 2.62 bits per heavy atom. The van der Waals surface area contributed by atoms with Crippen LogP contribution in [0, 0.1) is 0 Å². The average molecular weight is 323 g/mol. The molecule has 1 aliphatic rings. The molecule has 1 N–H and O–H groups in total. The number of alkyl halides is 3. The van der Waals surface area contributed by atoms with Gasteiger partial charge in [0.2, 0.25) is 0 Å². The molecule has 1 atom stereocenters. The predicted octanol–water partition coefficient (Wildman–Crippen LogP) is 2.95. The lowest BCUT2D eigenvalue weighted by molar-refractivity contribution is -0.138. The summed E-state index contributed by atoms with van der Waals surface area (Å²) in [6, 6.07) is 5.10. The van der Waals surface area contributed by atoms with E-state index < -0.39 is 17.6 Å². The van der Waals surface area contributed by atoms with E-state index in [0.29, 0.717) is 13.1 Å². The normalized spacial score (nSPS) is 19.0. The highest BCUT2D eigenvalue weighted by molar-refractivity contribution is 5.96. The number of halogens is 4. The highest BCUT2D eigenvalue weighted by Gasteiger charge is 2.36. The minimum Gasteiger partial charge on any atom is -0.337 e. The summed E-state index contributed by atoms with van der Waals surface area (Å²) >= 11 is 0. The van der Waals surface area contributed by atoms with Crippen molar-refractivity contribution in [3.63, 3.8) is 0 Å². The van der Waals surface area contributed by atoms with Crippen molar-refractivity contribution in [2.45, 2.75) is 25.1 Å². The maximum atomic E-state index is 12.9. The van der Waals surface area contributed by atoms with Crippen LogP contribution >= 0.6 is 12.4 Å². The molecule has 21 heavy (non-hydrogen) atoms. The highest BCUT2D eigenvalue weighted by atomic mass is 35.5. The maximum absolute atomic E-state index is 12.9. The molecule has 1 aromatic carbocycles. The van der Waals surface area contributed by atoms with Crippen molar-refractivity contribution < 1.29 is 18.0 Å². The molecular formula is C14H18ClF3N2O. The lowest BCUT2D eigenvalue weighted by atomic mass is 10.0. The maximum Gasteiger partial charge on any atom is 0.417 e. The lowest BCUT2D eigenvalue weighted by Crippen LogP contribution is -2.47. The summed E-state index contributed by atoms with van der Waals surface area (Å²) < 4.78 is 38.8. The van der Waals surface area contributed by atoms with Gasteiger partial charge in [-0.25, -0.2) is 0 Å². The third-order valence-electron chi connectivity index (χ3n) is 3.58. The van der Waals surface area contributed by atoms with Crippen LogP contribution in [0.4, 0.5) is 13.2 Å². The Hall–Kier alpha value is -1.27. The molecule has 0 bridgehead atoms. The Morgan fingerprint density at radius 2 is 2.00 bits per heavy atom. The van der Waals surface area contributed by atoms with E-state index in [-0.39, 0.29) is 24.0 Å². The van der Waals surface area contributed by atoms with Gasteiger partial charge in [0.1, 0.15) is 0 Å². The topological polar surface area (TPSA) is 32.3 Å². The number of carbonyl (C=O) groups excluding carboxylic acids is 1. The second-order valence-electron chi connectivity index (χ2n) is 4.92. The summed E-state index contributed by atoms with van der Waals surface area (Å²) in [6.45, 7) is 0.949. The average Bonchev–Trinajstić information content (AvgIpc) is 2.45. The van der Waals surface area contributed by atoms with Crippen LogP contribution in [-0.4, -0.2) is 37.0 Å². The van der Waals surface area contributed by atoms with Crippen LogP contribution in [0.5, 0.6) is 0 Å². The van der Waals surface area contributed by atoms with Crippen molar-refractivity contribution in [2.75, 3.05) is 20.1 Å². The van der Waals surface area contributed by atoms with Crippen molar-refractivity contribution in [2.24, 2.45) is 0 Å². The smallest absolute Gasteiger partial charge is 0.337 e. The van der Waals surface area contributed by atoms with Crippen molar-refractivity contribution in [1.29, 1.82) is 0 Å². The third kappa shape index (κ3) is 4.11. The van der Waals surface area contributed by atoms with Crippen molar-refractivity contribution in [3.8, 4) is 0 Å². The number of amides is 1. The molecule has 7 heteroatoms. The third-order valence-corrected chi connectivity index (χ3v) is 3.58. The zero-order valence-corrected chi connectivity index (χ0v) is 12.4. The second-order valence-corrected chi connectivity index (χ2v) is 4.92. The molecule has 0 aromatic heterocycles. The first-order valence-corrected chi connectivity index (χ1v) is 6.56. The molecule has 1 aromatic rings. The molecule has 1 amide bonds. The molecule has 0 unspecified atom stereocenters. The Kier molecular flexibility index (Phi) is 6.04. The van der Waals surface area contributed by atoms with E-state index in [4.69, 9.17) is 0 Å². The van der Waals surface area contributed by atoms with E-state index in [9.17, 15) is 18.0 Å². The standard InChI is InChI=1S/C14H17F3N2O.ClH/c1-18-10-5-4-8-19(9-10)13(20)11-6-2-3-7-12(11)14(15,16)17;/h2-3,6-7,10,18H,4-5,8-9H2,1H3;1H/t10-;/m1./s1. The van der Waals surface area contributed by atoms with Crippen LogP contribution in [0.1, 0.15) is 28.8 Å². The number of piperidine rings is 1. The SMILES string of the molecule is CN[C@@H]1CCCN(C(=O)c2ccccc2C(F)(F)F)C1.Cl. The fourth-order valence-corrected chi connectivity index (χ4v) is 2.48. The van der Waals surface area contributed by atoms with Crippen LogP contribution in [0.15, 0.2) is 24.3 Å². The second kappa shape index (κ2) is 7.13. The largest absolute Gasteiger partial charge is 0.417 e. The first-order valence-electron chi connectivity index (χ1n) is 6.56. The van der Waals surface area contributed by atoms with Crippen molar-refractivity contribution in [1.82, 2.24) is 10.2 Å². The Labute approximate surface area is 127 Å². The van der Waals surface area contributed by atoms with E-state index in [1.807, 2.05) is 0 Å². The first kappa shape index (κ1) is 17.8. The van der Waals surface area contributed by atoms with Crippen molar-refractivity contribution >= 4 is 18.3 Å². The summed E-state index contributed by atoms with van der Waals surface area (Å²) in [5.41, 5.74) is -1.13. The van der Waals surface area contributed by atoms with Gasteiger partial charge in [-0.3, -0.25) is 4.79 Å². The van der Waals surface area contributed by atoms with E-state index in [1.54, 1.807) is 7.05 Å². The number of likely N-dealkylation sites (N-methyl/N-ethyl adjacent to an activating group) is 1. The first-order chi connectivity index (χ1) is 9.43. The Balaban J connectivity index is 0.00000220. The number of benzene rings is 1. The predicted molar refractivity (Wildman–Crippen MR) is 76.7 cm³/mol. The fourth-order valence-electron chi connectivity index (χ4n) is 2.48. The number of carbonyl (C=O) groups is 1. The number of hydrogen-bond acceptors (Lipinski definition) is 2. The Morgan fingerprint density at radius 1 is 1.33 bits per heavy atom. The zero-order chi connectivity index (χ0) is 14.8. The molecule has 0 saturated carbocycles. The molecule has 1 fully saturated rings. The molecule has 2 rings (SSSR count). The Bertz CT molecular complexity index is 493. The van der Waals surface area contributed by atoms with Gasteiger partial charge in [0.25, 0.3) is 5.91 Å². The summed E-state index contributed by atoms with van der Waals surface area (Å²) in [5.74, 6) is -0.544. The summed E-state index contributed by atoms with van der Waals surface area (Å²) in [5, 5.41) is 3.07. The summed E-state index contributed by atoms with van der Waals surface area (Å²) in [7, 11) is 1.79. The van der Waals surface area contributed by atoms with Gasteiger partial charge in [-0.2, -0.15) is 13.2 Å². The minimum absolute atomic E-state index is 0. The van der Waals surface area contributed by atoms with Crippen LogP contribution in [0.25, 0.3) is 0 Å². The van der Waals surface area contributed by atoms with Gasteiger partial charge in [0, 0.05) is 19.1 Å². The molecule has 0 spiro atoms. The van der Waals surface area contributed by atoms with E-state index in [0.717, 1.165) is 18.9 Å². The van der Waals surface area contributed by atoms with E-state index in [2.05, 4.69) is 5.32 Å². The molecule has 1 saturated heterocycles. The van der Waals surface area contributed by atoms with Gasteiger partial charge in [-0.15, -0.1) is 12.4 Å². The quantitative estimate of drug-likeness (QED) is 0.908. The molecular weight excluding hydrogens is 305 g/mol. The number of hydrogen-bond donors (Lipinski definition) is 1. The number of likely N-dealkylation sites (tertiary alicyclic amines) is 1. The van der Waals surface area contributed by atoms with E-state index in [1.165, 1.54) is 23.1 Å². The molecule has 0 radical (unpaired) electrons. The van der Waals surface area contributed by atoms with E-state index >= 15 is 0 Å². The van der Waals surface area contributed by atoms with Gasteiger partial charge < -0.3 is 10.2 Å². The van der Waals surface area contributed by atoms with Gasteiger partial charge in [-0.05, 0) is 32.0 Å². The minimum atomic E-state index is -4.51. The van der Waals surface area contributed by atoms with Crippen LogP contribution < -0.4 is 5.32 Å². The summed E-state index contributed by atoms with van der Waals surface area (Å²) in [4.78, 5) is 13.8. The molecule has 1 heterocycles. The fraction of sp³-hybridized carbons (Fsp3) is 0.500. The number of nitrogens with zero attached hydrogens (tertiary/aromatic N) is 1. The van der Waals surface area contributed by atoms with Gasteiger partial charge >= 0.3 is 6.18 Å². The van der Waals surface area contributed by atoms with Crippen LogP contribution in [0.3, 0.4) is 0 Å². The monoisotopic (exact) mass is 322 g/mol. The van der Waals surface area contributed by atoms with Crippen LogP contribution in [0.2, 0.25) is 0 Å². The highest BCUT2D eigenvalue weighted by Crippen LogP contribution is 2.32. The zero-order valence-electron chi connectivity index (χ0n) is 11.6. The number of nitrogens with one attached hydrogen (secondary N) is 1.